The van der Waals surface area contributed by atoms with Crippen molar-refractivity contribution >= 4 is 15.9 Å². The predicted octanol–water partition coefficient (Wildman–Crippen LogP) is 3.42. The number of nitrogens with zero attached hydrogens (tertiary/aromatic N) is 1. The summed E-state index contributed by atoms with van der Waals surface area (Å²) in [5.41, 5.74) is 1.84. The van der Waals surface area contributed by atoms with Crippen LogP contribution in [0.1, 0.15) is 31.2 Å². The first-order valence-corrected chi connectivity index (χ1v) is 8.76. The summed E-state index contributed by atoms with van der Waals surface area (Å²) in [7, 11) is 1.73. The second-order valence-electron chi connectivity index (χ2n) is 6.55. The van der Waals surface area contributed by atoms with E-state index in [1.807, 2.05) is 6.07 Å². The Hall–Kier alpha value is -0.580. The lowest BCUT2D eigenvalue weighted by atomic mass is 9.74. The molecule has 3 nitrogen and oxygen atoms in total. The molecule has 0 radical (unpaired) electrons. The lowest BCUT2D eigenvalue weighted by Gasteiger charge is -2.45. The number of piperidine rings is 2. The molecule has 4 heteroatoms. The molecule has 0 saturated carbocycles. The first kappa shape index (κ1) is 15.3. The minimum atomic E-state index is 0.516. The molecule has 1 spiro atoms. The molecule has 1 atom stereocenters. The Morgan fingerprint density at radius 2 is 2.19 bits per heavy atom. The van der Waals surface area contributed by atoms with Gasteiger partial charge in [-0.25, -0.2) is 0 Å². The number of hydrogen-bond acceptors (Lipinski definition) is 3. The van der Waals surface area contributed by atoms with Crippen LogP contribution >= 0.6 is 15.9 Å². The maximum atomic E-state index is 5.36. The van der Waals surface area contributed by atoms with Gasteiger partial charge >= 0.3 is 0 Å². The number of likely N-dealkylation sites (tertiary alicyclic amines) is 1. The number of halogens is 1. The van der Waals surface area contributed by atoms with Crippen LogP contribution in [-0.2, 0) is 6.54 Å². The topological polar surface area (TPSA) is 24.5 Å². The highest BCUT2D eigenvalue weighted by Crippen LogP contribution is 2.37. The van der Waals surface area contributed by atoms with Gasteiger partial charge in [-0.05, 0) is 68.0 Å². The fourth-order valence-corrected chi connectivity index (χ4v) is 4.24. The van der Waals surface area contributed by atoms with Crippen molar-refractivity contribution in [2.24, 2.45) is 5.41 Å². The maximum absolute atomic E-state index is 5.36. The Morgan fingerprint density at radius 3 is 2.95 bits per heavy atom. The lowest BCUT2D eigenvalue weighted by Crippen LogP contribution is -2.50. The molecule has 2 saturated heterocycles. The Morgan fingerprint density at radius 1 is 1.33 bits per heavy atom. The van der Waals surface area contributed by atoms with E-state index in [1.165, 1.54) is 61.9 Å². The fourth-order valence-electron chi connectivity index (χ4n) is 3.86. The molecule has 2 fully saturated rings. The largest absolute Gasteiger partial charge is 0.497 e. The van der Waals surface area contributed by atoms with Gasteiger partial charge in [0.2, 0.25) is 0 Å². The van der Waals surface area contributed by atoms with Gasteiger partial charge in [-0.15, -0.1) is 0 Å². The van der Waals surface area contributed by atoms with Gasteiger partial charge < -0.3 is 10.1 Å². The molecule has 0 bridgehead atoms. The molecule has 0 amide bonds. The number of nitrogens with one attached hydrogen (secondary N) is 1. The van der Waals surface area contributed by atoms with Crippen molar-refractivity contribution in [3.8, 4) is 5.75 Å². The fraction of sp³-hybridized carbons (Fsp3) is 0.647. The second kappa shape index (κ2) is 6.67. The summed E-state index contributed by atoms with van der Waals surface area (Å²) in [5, 5.41) is 3.60. The minimum Gasteiger partial charge on any atom is -0.497 e. The van der Waals surface area contributed by atoms with Crippen LogP contribution in [0, 0.1) is 5.41 Å². The van der Waals surface area contributed by atoms with E-state index in [0.717, 1.165) is 12.3 Å². The maximum Gasteiger partial charge on any atom is 0.119 e. The summed E-state index contributed by atoms with van der Waals surface area (Å²) in [6.07, 6.45) is 5.42. The molecule has 1 N–H and O–H groups in total. The van der Waals surface area contributed by atoms with Crippen molar-refractivity contribution in [3.63, 3.8) is 0 Å². The third-order valence-electron chi connectivity index (χ3n) is 4.95. The molecular formula is C17H25BrN2O. The third-order valence-corrected chi connectivity index (χ3v) is 5.72. The van der Waals surface area contributed by atoms with E-state index in [0.29, 0.717) is 5.41 Å². The molecule has 2 aliphatic heterocycles. The number of benzene rings is 1. The van der Waals surface area contributed by atoms with Crippen LogP contribution in [0.4, 0.5) is 0 Å². The molecule has 116 valence electrons. The highest BCUT2D eigenvalue weighted by molar-refractivity contribution is 9.10. The van der Waals surface area contributed by atoms with Crippen molar-refractivity contribution in [1.29, 1.82) is 0 Å². The van der Waals surface area contributed by atoms with Crippen molar-refractivity contribution < 1.29 is 4.74 Å². The number of hydrogen-bond donors (Lipinski definition) is 1. The molecule has 1 unspecified atom stereocenters. The van der Waals surface area contributed by atoms with E-state index in [-0.39, 0.29) is 0 Å². The molecule has 2 aliphatic rings. The van der Waals surface area contributed by atoms with Crippen molar-refractivity contribution in [2.45, 2.75) is 32.2 Å². The third kappa shape index (κ3) is 3.61. The summed E-state index contributed by atoms with van der Waals surface area (Å²) >= 11 is 3.68. The molecule has 1 aromatic carbocycles. The van der Waals surface area contributed by atoms with Gasteiger partial charge in [-0.1, -0.05) is 15.9 Å². The Labute approximate surface area is 136 Å². The molecule has 1 aromatic rings. The quantitative estimate of drug-likeness (QED) is 0.901. The van der Waals surface area contributed by atoms with Crippen molar-refractivity contribution in [3.05, 3.63) is 28.2 Å². The zero-order chi connectivity index (χ0) is 14.7. The normalized spacial score (nSPS) is 27.0. The van der Waals surface area contributed by atoms with Crippen LogP contribution in [-0.4, -0.2) is 38.2 Å². The summed E-state index contributed by atoms with van der Waals surface area (Å²) in [5.74, 6) is 0.944. The first-order valence-electron chi connectivity index (χ1n) is 7.96. The minimum absolute atomic E-state index is 0.516. The predicted molar refractivity (Wildman–Crippen MR) is 89.7 cm³/mol. The Balaban J connectivity index is 1.69. The number of methoxy groups -OCH3 is 1. The van der Waals surface area contributed by atoms with Crippen molar-refractivity contribution in [2.75, 3.05) is 33.3 Å². The van der Waals surface area contributed by atoms with E-state index in [9.17, 15) is 0 Å². The lowest BCUT2D eigenvalue weighted by molar-refractivity contribution is 0.0599. The van der Waals surface area contributed by atoms with Gasteiger partial charge in [0.15, 0.2) is 0 Å². The number of ether oxygens (including phenoxy) is 1. The van der Waals surface area contributed by atoms with E-state index in [2.05, 4.69) is 38.3 Å². The van der Waals surface area contributed by atoms with Crippen LogP contribution in [0.5, 0.6) is 5.75 Å². The van der Waals surface area contributed by atoms with Crippen LogP contribution in [0.25, 0.3) is 0 Å². The van der Waals surface area contributed by atoms with E-state index in [1.54, 1.807) is 7.11 Å². The van der Waals surface area contributed by atoms with E-state index >= 15 is 0 Å². The summed E-state index contributed by atoms with van der Waals surface area (Å²) in [6, 6.07) is 6.26. The molecule has 0 aromatic heterocycles. The highest BCUT2D eigenvalue weighted by atomic mass is 79.9. The SMILES string of the molecule is COc1ccc(Br)c(CN2CCCC3(CCCNC3)C2)c1. The van der Waals surface area contributed by atoms with Crippen LogP contribution in [0.3, 0.4) is 0 Å². The first-order chi connectivity index (χ1) is 10.2. The van der Waals surface area contributed by atoms with Crippen molar-refractivity contribution in [1.82, 2.24) is 10.2 Å². The van der Waals surface area contributed by atoms with Gasteiger partial charge in [0.1, 0.15) is 5.75 Å². The number of rotatable bonds is 3. The molecule has 2 heterocycles. The standard InChI is InChI=1S/C17H25BrN2O/c1-21-15-4-5-16(18)14(10-15)11-20-9-3-7-17(13-20)6-2-8-19-12-17/h4-5,10,19H,2-3,6-9,11-13H2,1H3. The van der Waals surface area contributed by atoms with E-state index in [4.69, 9.17) is 4.74 Å². The Kier molecular flexibility index (Phi) is 4.87. The van der Waals surface area contributed by atoms with Crippen LogP contribution in [0.2, 0.25) is 0 Å². The average Bonchev–Trinajstić information content (AvgIpc) is 2.50. The zero-order valence-electron chi connectivity index (χ0n) is 12.8. The molecule has 21 heavy (non-hydrogen) atoms. The molecule has 3 rings (SSSR count). The van der Waals surface area contributed by atoms with Gasteiger partial charge in [0, 0.05) is 24.1 Å². The summed E-state index contributed by atoms with van der Waals surface area (Å²) < 4.78 is 6.54. The Bertz CT molecular complexity index is 480. The van der Waals surface area contributed by atoms with E-state index < -0.39 is 0 Å². The highest BCUT2D eigenvalue weighted by Gasteiger charge is 2.36. The van der Waals surface area contributed by atoms with Crippen LogP contribution < -0.4 is 10.1 Å². The monoisotopic (exact) mass is 352 g/mol. The smallest absolute Gasteiger partial charge is 0.119 e. The average molecular weight is 353 g/mol. The molecule has 0 aliphatic carbocycles. The van der Waals surface area contributed by atoms with Gasteiger partial charge in [-0.3, -0.25) is 4.90 Å². The second-order valence-corrected chi connectivity index (χ2v) is 7.41. The molecular weight excluding hydrogens is 328 g/mol. The zero-order valence-corrected chi connectivity index (χ0v) is 14.4. The summed E-state index contributed by atoms with van der Waals surface area (Å²) in [4.78, 5) is 2.62. The van der Waals surface area contributed by atoms with Gasteiger partial charge in [0.25, 0.3) is 0 Å². The van der Waals surface area contributed by atoms with Gasteiger partial charge in [0.05, 0.1) is 7.11 Å². The van der Waals surface area contributed by atoms with Gasteiger partial charge in [-0.2, -0.15) is 0 Å². The van der Waals surface area contributed by atoms with Crippen LogP contribution in [0.15, 0.2) is 22.7 Å². The summed E-state index contributed by atoms with van der Waals surface area (Å²) in [6.45, 7) is 5.85.